The van der Waals surface area contributed by atoms with Crippen molar-refractivity contribution in [3.63, 3.8) is 0 Å². The summed E-state index contributed by atoms with van der Waals surface area (Å²) in [5.74, 6) is 0.752. The molecule has 3 N–H and O–H groups in total. The lowest BCUT2D eigenvalue weighted by atomic mass is 9.83. The number of ketones is 1. The number of Topliss-reactive ketones (excluding diaryl/α,β-unsaturated/α-hetero) is 1. The van der Waals surface area contributed by atoms with Crippen molar-refractivity contribution >= 4 is 40.5 Å². The van der Waals surface area contributed by atoms with Gasteiger partial charge < -0.3 is 15.0 Å². The summed E-state index contributed by atoms with van der Waals surface area (Å²) >= 11 is 6.34. The number of benzene rings is 1. The summed E-state index contributed by atoms with van der Waals surface area (Å²) in [6, 6.07) is 7.21. The number of primary amides is 1. The molecule has 38 heavy (non-hydrogen) atoms. The molecule has 0 spiro atoms. The summed E-state index contributed by atoms with van der Waals surface area (Å²) in [5.41, 5.74) is 7.21. The maximum atomic E-state index is 13.9. The van der Waals surface area contributed by atoms with Crippen molar-refractivity contribution in [3.8, 4) is 11.3 Å². The third-order valence-electron chi connectivity index (χ3n) is 7.88. The van der Waals surface area contributed by atoms with Gasteiger partial charge in [0.05, 0.1) is 0 Å². The molecule has 9 nitrogen and oxygen atoms in total. The number of ether oxygens (including phenoxy) is 1. The topological polar surface area (TPSA) is 137 Å². The second-order valence-electron chi connectivity index (χ2n) is 10.7. The summed E-state index contributed by atoms with van der Waals surface area (Å²) < 4.78 is 6.79. The van der Waals surface area contributed by atoms with Crippen LogP contribution in [0.2, 0.25) is 5.02 Å². The highest BCUT2D eigenvalue weighted by Crippen LogP contribution is 2.35. The van der Waals surface area contributed by atoms with E-state index in [-0.39, 0.29) is 23.2 Å². The number of carbonyl (C=O) groups excluding carboxylic acids is 2. The van der Waals surface area contributed by atoms with E-state index in [0.717, 1.165) is 57.8 Å². The van der Waals surface area contributed by atoms with E-state index in [0.29, 0.717) is 46.0 Å². The number of hydrogen-bond acceptors (Lipinski definition) is 7. The molecule has 0 aliphatic heterocycles. The molecule has 2 aromatic heterocycles. The molecule has 2 saturated carbocycles. The second kappa shape index (κ2) is 11.2. The van der Waals surface area contributed by atoms with Gasteiger partial charge >= 0.3 is 6.09 Å². The second-order valence-corrected chi connectivity index (χ2v) is 11.1. The predicted molar refractivity (Wildman–Crippen MR) is 145 cm³/mol. The minimum absolute atomic E-state index is 0.0361. The van der Waals surface area contributed by atoms with Crippen molar-refractivity contribution in [3.05, 3.63) is 40.9 Å². The monoisotopic (exact) mass is 536 g/mol. The third-order valence-corrected chi connectivity index (χ3v) is 8.11. The molecule has 2 aliphatic carbocycles. The normalized spacial score (nSPS) is 20.4. The van der Waals surface area contributed by atoms with E-state index in [9.17, 15) is 9.59 Å². The fourth-order valence-corrected chi connectivity index (χ4v) is 5.99. The van der Waals surface area contributed by atoms with Gasteiger partial charge in [-0.15, -0.1) is 0 Å². The molecule has 0 unspecified atom stereocenters. The Morgan fingerprint density at radius 2 is 1.82 bits per heavy atom. The van der Waals surface area contributed by atoms with Crippen LogP contribution >= 0.6 is 11.6 Å². The number of nitrogens with zero attached hydrogens (tertiary/aromatic N) is 4. The largest absolute Gasteiger partial charge is 0.411 e. The van der Waals surface area contributed by atoms with E-state index in [1.807, 2.05) is 16.7 Å². The number of amides is 1. The van der Waals surface area contributed by atoms with Crippen molar-refractivity contribution in [2.24, 2.45) is 23.5 Å². The molecule has 10 heteroatoms. The van der Waals surface area contributed by atoms with Crippen molar-refractivity contribution in [1.29, 1.82) is 5.41 Å². The molecule has 5 rings (SSSR count). The molecule has 2 heterocycles. The van der Waals surface area contributed by atoms with Gasteiger partial charge in [-0.05, 0) is 49.7 Å². The Labute approximate surface area is 226 Å². The van der Waals surface area contributed by atoms with Crippen LogP contribution in [-0.2, 0) is 11.3 Å². The predicted octanol–water partition coefficient (Wildman–Crippen LogP) is 6.16. The lowest BCUT2D eigenvalue weighted by Gasteiger charge is -2.27. The highest BCUT2D eigenvalue weighted by Gasteiger charge is 2.31. The molecular formula is C28H33ClN6O3. The number of hydrogen-bond donors (Lipinski definition) is 2. The van der Waals surface area contributed by atoms with Gasteiger partial charge in [-0.1, -0.05) is 62.8 Å². The average Bonchev–Trinajstić information content (AvgIpc) is 3.27. The molecule has 0 atom stereocenters. The molecular weight excluding hydrogens is 504 g/mol. The number of carbonyl (C=O) groups is 2. The molecule has 3 aromatic rings. The summed E-state index contributed by atoms with van der Waals surface area (Å²) in [7, 11) is 0. The summed E-state index contributed by atoms with van der Waals surface area (Å²) in [4.78, 5) is 39.0. The first kappa shape index (κ1) is 26.3. The molecule has 1 amide bonds. The molecule has 0 bridgehead atoms. The van der Waals surface area contributed by atoms with Gasteiger partial charge in [0, 0.05) is 23.0 Å². The van der Waals surface area contributed by atoms with Crippen LogP contribution < -0.4 is 5.73 Å². The average molecular weight is 537 g/mol. The minimum atomic E-state index is -1.13. The standard InChI is InChI=1S/C28H33ClN6O3/c1-16-10-12-17(13-11-16)15-35-22-21(19-8-5-9-20(29)14-19)32-26(24(30)38-28(31)37)33-25(22)34-27(35)23(36)18-6-3-2-4-7-18/h5,8-9,14,16-18,30H,2-4,6-7,10-13,15H2,1H3,(H2,31,37). The van der Waals surface area contributed by atoms with Crippen LogP contribution in [0.25, 0.3) is 22.4 Å². The maximum absolute atomic E-state index is 13.9. The van der Waals surface area contributed by atoms with Crippen molar-refractivity contribution in [2.75, 3.05) is 0 Å². The van der Waals surface area contributed by atoms with E-state index < -0.39 is 12.0 Å². The van der Waals surface area contributed by atoms with E-state index >= 15 is 0 Å². The molecule has 2 aliphatic rings. The Kier molecular flexibility index (Phi) is 7.74. The van der Waals surface area contributed by atoms with Gasteiger partial charge in [0.2, 0.25) is 11.6 Å². The van der Waals surface area contributed by atoms with Gasteiger partial charge in [-0.2, -0.15) is 0 Å². The fourth-order valence-electron chi connectivity index (χ4n) is 5.80. The molecule has 2 fully saturated rings. The molecule has 0 radical (unpaired) electrons. The number of fused-ring (bicyclic) bond motifs is 1. The number of rotatable bonds is 6. The first-order valence-corrected chi connectivity index (χ1v) is 13.8. The maximum Gasteiger partial charge on any atom is 0.411 e. The zero-order valence-electron chi connectivity index (χ0n) is 21.6. The first-order chi connectivity index (χ1) is 18.3. The van der Waals surface area contributed by atoms with Crippen LogP contribution in [0.15, 0.2) is 24.3 Å². The van der Waals surface area contributed by atoms with Gasteiger partial charge in [0.25, 0.3) is 5.90 Å². The van der Waals surface area contributed by atoms with Crippen LogP contribution in [-0.4, -0.2) is 37.3 Å². The molecule has 200 valence electrons. The number of halogens is 1. The quantitative estimate of drug-likeness (QED) is 0.220. The highest BCUT2D eigenvalue weighted by molar-refractivity contribution is 6.30. The Balaban J connectivity index is 1.70. The smallest absolute Gasteiger partial charge is 0.388 e. The lowest BCUT2D eigenvalue weighted by Crippen LogP contribution is -2.25. The summed E-state index contributed by atoms with van der Waals surface area (Å²) in [6.07, 6.45) is 8.30. The Morgan fingerprint density at radius 1 is 1.08 bits per heavy atom. The van der Waals surface area contributed by atoms with E-state index in [1.54, 1.807) is 12.1 Å². The van der Waals surface area contributed by atoms with E-state index in [1.165, 1.54) is 0 Å². The number of nitrogens with two attached hydrogens (primary N) is 1. The Morgan fingerprint density at radius 3 is 2.50 bits per heavy atom. The summed E-state index contributed by atoms with van der Waals surface area (Å²) in [5, 5.41) is 8.71. The van der Waals surface area contributed by atoms with Gasteiger partial charge in [0.15, 0.2) is 11.5 Å². The molecule has 1 aromatic carbocycles. The SMILES string of the molecule is CC1CCC(Cn2c(C(=O)C3CCCCC3)nc3nc(C(=N)OC(N)=O)nc(-c4cccc(Cl)c4)c32)CC1. The van der Waals surface area contributed by atoms with Crippen LogP contribution in [0.3, 0.4) is 0 Å². The summed E-state index contributed by atoms with van der Waals surface area (Å²) in [6.45, 7) is 2.93. The van der Waals surface area contributed by atoms with Crippen LogP contribution in [0, 0.1) is 23.2 Å². The zero-order chi connectivity index (χ0) is 26.8. The van der Waals surface area contributed by atoms with Crippen molar-refractivity contribution in [1.82, 2.24) is 19.5 Å². The number of imidazole rings is 1. The van der Waals surface area contributed by atoms with Gasteiger partial charge in [0.1, 0.15) is 11.2 Å². The van der Waals surface area contributed by atoms with Crippen molar-refractivity contribution < 1.29 is 14.3 Å². The van der Waals surface area contributed by atoms with Crippen LogP contribution in [0.5, 0.6) is 0 Å². The zero-order valence-corrected chi connectivity index (χ0v) is 22.3. The number of aromatic nitrogens is 4. The third kappa shape index (κ3) is 5.57. The molecule has 0 saturated heterocycles. The first-order valence-electron chi connectivity index (χ1n) is 13.4. The number of nitrogens with one attached hydrogen (secondary N) is 1. The Bertz CT molecular complexity index is 1370. The van der Waals surface area contributed by atoms with Gasteiger partial charge in [-0.25, -0.2) is 19.7 Å². The fraction of sp³-hybridized carbons (Fsp3) is 0.500. The van der Waals surface area contributed by atoms with E-state index in [2.05, 4.69) is 16.9 Å². The van der Waals surface area contributed by atoms with Crippen LogP contribution in [0.4, 0.5) is 4.79 Å². The minimum Gasteiger partial charge on any atom is -0.388 e. The van der Waals surface area contributed by atoms with Gasteiger partial charge in [-0.3, -0.25) is 10.2 Å². The van der Waals surface area contributed by atoms with Crippen molar-refractivity contribution in [2.45, 2.75) is 71.3 Å². The highest BCUT2D eigenvalue weighted by atomic mass is 35.5. The van der Waals surface area contributed by atoms with Crippen LogP contribution in [0.1, 0.15) is 81.2 Å². The Hall–Kier alpha value is -3.33. The van der Waals surface area contributed by atoms with E-state index in [4.69, 9.17) is 32.5 Å². The lowest BCUT2D eigenvalue weighted by molar-refractivity contribution is 0.0872.